The number of likely N-dealkylation sites (N-methyl/N-ethyl adjacent to an activating group) is 1. The minimum Gasteiger partial charge on any atom is -0.490 e. The minimum atomic E-state index is 0.798. The lowest BCUT2D eigenvalue weighted by Gasteiger charge is -2.28. The molecular formula is C11H15NO. The van der Waals surface area contributed by atoms with Crippen molar-refractivity contribution in [1.29, 1.82) is 0 Å². The van der Waals surface area contributed by atoms with Gasteiger partial charge in [-0.05, 0) is 37.1 Å². The smallest absolute Gasteiger partial charge is 0.142 e. The summed E-state index contributed by atoms with van der Waals surface area (Å²) >= 11 is 0. The summed E-state index contributed by atoms with van der Waals surface area (Å²) in [6, 6.07) is 4.32. The van der Waals surface area contributed by atoms with Gasteiger partial charge in [0.1, 0.15) is 12.4 Å². The van der Waals surface area contributed by atoms with Gasteiger partial charge in [-0.2, -0.15) is 0 Å². The Morgan fingerprint density at radius 1 is 1.23 bits per heavy atom. The predicted octanol–water partition coefficient (Wildman–Crippen LogP) is 2.13. The van der Waals surface area contributed by atoms with Crippen molar-refractivity contribution in [3.8, 4) is 5.75 Å². The molecule has 0 bridgehead atoms. The molecule has 1 heterocycles. The first-order valence-corrected chi connectivity index (χ1v) is 4.63. The van der Waals surface area contributed by atoms with Crippen LogP contribution in [-0.4, -0.2) is 20.2 Å². The van der Waals surface area contributed by atoms with Crippen LogP contribution in [-0.2, 0) is 0 Å². The van der Waals surface area contributed by atoms with Gasteiger partial charge in [0, 0.05) is 7.05 Å². The van der Waals surface area contributed by atoms with Gasteiger partial charge >= 0.3 is 0 Å². The average molecular weight is 177 g/mol. The Hall–Kier alpha value is -1.18. The molecule has 0 atom stereocenters. The lowest BCUT2D eigenvalue weighted by molar-refractivity contribution is 0.311. The molecule has 0 saturated carbocycles. The van der Waals surface area contributed by atoms with E-state index in [-0.39, 0.29) is 0 Å². The monoisotopic (exact) mass is 177 g/mol. The van der Waals surface area contributed by atoms with Crippen molar-refractivity contribution in [3.63, 3.8) is 0 Å². The van der Waals surface area contributed by atoms with Gasteiger partial charge in [0.05, 0.1) is 12.2 Å². The van der Waals surface area contributed by atoms with E-state index in [4.69, 9.17) is 4.74 Å². The van der Waals surface area contributed by atoms with Crippen molar-refractivity contribution in [2.45, 2.75) is 13.8 Å². The largest absolute Gasteiger partial charge is 0.490 e. The quantitative estimate of drug-likeness (QED) is 0.602. The zero-order valence-corrected chi connectivity index (χ0v) is 8.42. The van der Waals surface area contributed by atoms with Crippen molar-refractivity contribution in [1.82, 2.24) is 0 Å². The molecular weight excluding hydrogens is 162 g/mol. The number of aryl methyl sites for hydroxylation is 2. The van der Waals surface area contributed by atoms with Gasteiger partial charge in [-0.25, -0.2) is 0 Å². The standard InChI is InChI=1S/C11H15NO/c1-8-6-10-11(7-9(8)2)13-5-4-12(10)3/h6-7H,4-5H2,1-3H3. The number of hydrogen-bond acceptors (Lipinski definition) is 2. The molecule has 0 N–H and O–H groups in total. The maximum Gasteiger partial charge on any atom is 0.142 e. The van der Waals surface area contributed by atoms with E-state index in [1.807, 2.05) is 0 Å². The average Bonchev–Trinajstić information content (AvgIpc) is 2.09. The summed E-state index contributed by atoms with van der Waals surface area (Å²) < 4.78 is 5.59. The van der Waals surface area contributed by atoms with Gasteiger partial charge in [-0.15, -0.1) is 0 Å². The van der Waals surface area contributed by atoms with Gasteiger partial charge in [-0.1, -0.05) is 0 Å². The highest BCUT2D eigenvalue weighted by Crippen LogP contribution is 2.32. The van der Waals surface area contributed by atoms with Crippen LogP contribution in [0.25, 0.3) is 0 Å². The molecule has 0 aromatic heterocycles. The fourth-order valence-electron chi connectivity index (χ4n) is 1.60. The molecule has 0 amide bonds. The Kier molecular flexibility index (Phi) is 1.91. The van der Waals surface area contributed by atoms with E-state index in [9.17, 15) is 0 Å². The van der Waals surface area contributed by atoms with Crippen LogP contribution >= 0.6 is 0 Å². The second kappa shape index (κ2) is 2.95. The van der Waals surface area contributed by atoms with Crippen molar-refractivity contribution < 1.29 is 4.74 Å². The molecule has 1 aliphatic heterocycles. The van der Waals surface area contributed by atoms with Crippen LogP contribution in [0.3, 0.4) is 0 Å². The van der Waals surface area contributed by atoms with Crippen molar-refractivity contribution in [3.05, 3.63) is 23.3 Å². The summed E-state index contributed by atoms with van der Waals surface area (Å²) in [6.45, 7) is 6.03. The first-order chi connectivity index (χ1) is 6.18. The third-order valence-corrected chi connectivity index (χ3v) is 2.67. The van der Waals surface area contributed by atoms with Gasteiger partial charge in [0.15, 0.2) is 0 Å². The summed E-state index contributed by atoms with van der Waals surface area (Å²) in [4.78, 5) is 2.24. The summed E-state index contributed by atoms with van der Waals surface area (Å²) in [7, 11) is 2.11. The highest BCUT2D eigenvalue weighted by atomic mass is 16.5. The van der Waals surface area contributed by atoms with Crippen molar-refractivity contribution in [2.75, 3.05) is 25.1 Å². The molecule has 13 heavy (non-hydrogen) atoms. The molecule has 0 saturated heterocycles. The van der Waals surface area contributed by atoms with Gasteiger partial charge in [-0.3, -0.25) is 0 Å². The Bertz CT molecular complexity index is 333. The van der Waals surface area contributed by atoms with E-state index in [2.05, 4.69) is 37.9 Å². The van der Waals surface area contributed by atoms with Crippen LogP contribution in [0.2, 0.25) is 0 Å². The highest BCUT2D eigenvalue weighted by molar-refractivity contribution is 5.62. The number of fused-ring (bicyclic) bond motifs is 1. The van der Waals surface area contributed by atoms with E-state index in [0.717, 1.165) is 18.9 Å². The first-order valence-electron chi connectivity index (χ1n) is 4.63. The van der Waals surface area contributed by atoms with Crippen LogP contribution in [0.15, 0.2) is 12.1 Å². The molecule has 1 aliphatic rings. The Balaban J connectivity index is 2.52. The second-order valence-electron chi connectivity index (χ2n) is 3.67. The Labute approximate surface area is 79.1 Å². The van der Waals surface area contributed by atoms with Crippen LogP contribution in [0.5, 0.6) is 5.75 Å². The number of nitrogens with zero attached hydrogens (tertiary/aromatic N) is 1. The van der Waals surface area contributed by atoms with Crippen LogP contribution in [0.4, 0.5) is 5.69 Å². The van der Waals surface area contributed by atoms with Gasteiger partial charge in [0.2, 0.25) is 0 Å². The predicted molar refractivity (Wildman–Crippen MR) is 54.7 cm³/mol. The molecule has 0 aliphatic carbocycles. The summed E-state index contributed by atoms with van der Waals surface area (Å²) in [5, 5.41) is 0. The number of anilines is 1. The topological polar surface area (TPSA) is 12.5 Å². The Morgan fingerprint density at radius 2 is 1.92 bits per heavy atom. The molecule has 0 spiro atoms. The molecule has 1 aromatic rings. The molecule has 0 unspecified atom stereocenters. The molecule has 0 fully saturated rings. The van der Waals surface area contributed by atoms with E-state index in [1.165, 1.54) is 16.8 Å². The van der Waals surface area contributed by atoms with E-state index >= 15 is 0 Å². The third-order valence-electron chi connectivity index (χ3n) is 2.67. The lowest BCUT2D eigenvalue weighted by atomic mass is 10.1. The van der Waals surface area contributed by atoms with E-state index < -0.39 is 0 Å². The number of ether oxygens (including phenoxy) is 1. The first kappa shape index (κ1) is 8.42. The van der Waals surface area contributed by atoms with Gasteiger partial charge < -0.3 is 9.64 Å². The van der Waals surface area contributed by atoms with Gasteiger partial charge in [0.25, 0.3) is 0 Å². The molecule has 0 radical (unpaired) electrons. The number of rotatable bonds is 0. The molecule has 2 nitrogen and oxygen atoms in total. The van der Waals surface area contributed by atoms with Crippen molar-refractivity contribution in [2.24, 2.45) is 0 Å². The second-order valence-corrected chi connectivity index (χ2v) is 3.67. The third kappa shape index (κ3) is 1.37. The highest BCUT2D eigenvalue weighted by Gasteiger charge is 2.15. The molecule has 2 rings (SSSR count). The fourth-order valence-corrected chi connectivity index (χ4v) is 1.60. The van der Waals surface area contributed by atoms with E-state index in [1.54, 1.807) is 0 Å². The fraction of sp³-hybridized carbons (Fsp3) is 0.455. The zero-order chi connectivity index (χ0) is 9.42. The normalized spacial score (nSPS) is 15.2. The van der Waals surface area contributed by atoms with Crippen LogP contribution < -0.4 is 9.64 Å². The van der Waals surface area contributed by atoms with Crippen molar-refractivity contribution >= 4 is 5.69 Å². The summed E-state index contributed by atoms with van der Waals surface area (Å²) in [5.74, 6) is 1.02. The molecule has 1 aromatic carbocycles. The number of benzene rings is 1. The summed E-state index contributed by atoms with van der Waals surface area (Å²) in [6.07, 6.45) is 0. The lowest BCUT2D eigenvalue weighted by Crippen LogP contribution is -2.28. The SMILES string of the molecule is Cc1cc2c(cc1C)N(C)CCO2. The molecule has 70 valence electrons. The van der Waals surface area contributed by atoms with E-state index in [0.29, 0.717) is 0 Å². The maximum absolute atomic E-state index is 5.59. The van der Waals surface area contributed by atoms with Crippen LogP contribution in [0.1, 0.15) is 11.1 Å². The molecule has 2 heteroatoms. The van der Waals surface area contributed by atoms with Crippen LogP contribution in [0, 0.1) is 13.8 Å². The Morgan fingerprint density at radius 3 is 2.69 bits per heavy atom. The zero-order valence-electron chi connectivity index (χ0n) is 8.42. The summed E-state index contributed by atoms with van der Waals surface area (Å²) in [5.41, 5.74) is 3.85. The minimum absolute atomic E-state index is 0.798. The maximum atomic E-state index is 5.59. The number of hydrogen-bond donors (Lipinski definition) is 0.